The number of hydrogen-bond acceptors (Lipinski definition) is 2. The third kappa shape index (κ3) is 3.55. The molecule has 1 aromatic heterocycles. The summed E-state index contributed by atoms with van der Waals surface area (Å²) in [5.41, 5.74) is 1.37. The van der Waals surface area contributed by atoms with E-state index in [4.69, 9.17) is 0 Å². The summed E-state index contributed by atoms with van der Waals surface area (Å²) in [5.74, 6) is 0. The summed E-state index contributed by atoms with van der Waals surface area (Å²) >= 11 is 1.77. The van der Waals surface area contributed by atoms with Crippen LogP contribution in [0, 0.1) is 0 Å². The molecule has 88 valence electrons. The maximum Gasteiger partial charge on any atom is 0.0598 e. The molecule has 17 heavy (non-hydrogen) atoms. The molecule has 0 spiro atoms. The fraction of sp³-hybridized carbons (Fsp3) is 0.200. The Balaban J connectivity index is 1.83. The van der Waals surface area contributed by atoms with E-state index in [9.17, 15) is 0 Å². The van der Waals surface area contributed by atoms with Crippen LogP contribution in [0.2, 0.25) is 0 Å². The predicted molar refractivity (Wildman–Crippen MR) is 75.4 cm³/mol. The van der Waals surface area contributed by atoms with Gasteiger partial charge in [-0.05, 0) is 23.4 Å². The Bertz CT molecular complexity index is 433. The van der Waals surface area contributed by atoms with Crippen molar-refractivity contribution >= 4 is 11.3 Å². The molecule has 0 saturated carbocycles. The van der Waals surface area contributed by atoms with Crippen LogP contribution < -0.4 is 5.32 Å². The Kier molecular flexibility index (Phi) is 4.54. The molecule has 0 aliphatic carbocycles. The van der Waals surface area contributed by atoms with Gasteiger partial charge in [-0.2, -0.15) is 0 Å². The summed E-state index contributed by atoms with van der Waals surface area (Å²) in [7, 11) is 0. The van der Waals surface area contributed by atoms with Crippen LogP contribution in [-0.4, -0.2) is 6.54 Å². The van der Waals surface area contributed by atoms with E-state index in [0.29, 0.717) is 0 Å². The first-order chi connectivity index (χ1) is 8.40. The molecule has 1 heterocycles. The number of benzene rings is 1. The van der Waals surface area contributed by atoms with Crippen molar-refractivity contribution in [3.05, 3.63) is 70.9 Å². The molecule has 1 unspecified atom stereocenters. The highest BCUT2D eigenvalue weighted by Gasteiger charge is 2.06. The van der Waals surface area contributed by atoms with Crippen molar-refractivity contribution in [3.63, 3.8) is 0 Å². The van der Waals surface area contributed by atoms with E-state index < -0.39 is 0 Å². The van der Waals surface area contributed by atoms with Crippen molar-refractivity contribution in [2.75, 3.05) is 6.54 Å². The summed E-state index contributed by atoms with van der Waals surface area (Å²) in [4.78, 5) is 1.33. The lowest BCUT2D eigenvalue weighted by Crippen LogP contribution is -2.21. The van der Waals surface area contributed by atoms with Crippen LogP contribution in [-0.2, 0) is 6.42 Å². The first-order valence-corrected chi connectivity index (χ1v) is 6.71. The average molecular weight is 243 g/mol. The number of rotatable bonds is 6. The van der Waals surface area contributed by atoms with Crippen molar-refractivity contribution in [2.24, 2.45) is 0 Å². The first kappa shape index (κ1) is 12.1. The van der Waals surface area contributed by atoms with Crippen molar-refractivity contribution < 1.29 is 0 Å². The maximum absolute atomic E-state index is 3.89. The molecule has 2 heteroatoms. The minimum absolute atomic E-state index is 0.277. The molecule has 0 aliphatic rings. The molecular weight excluding hydrogens is 226 g/mol. The van der Waals surface area contributed by atoms with Gasteiger partial charge in [-0.3, -0.25) is 0 Å². The standard InChI is InChI=1S/C15H17NS/c1-2-14(15-9-6-12-17-15)16-11-10-13-7-4-3-5-8-13/h2-9,12,14,16H,1,10-11H2. The second-order valence-corrected chi connectivity index (χ2v) is 4.90. The summed E-state index contributed by atoms with van der Waals surface area (Å²) in [5, 5.41) is 5.61. The van der Waals surface area contributed by atoms with E-state index >= 15 is 0 Å². The van der Waals surface area contributed by atoms with Gasteiger partial charge in [0.1, 0.15) is 0 Å². The van der Waals surface area contributed by atoms with Crippen LogP contribution in [0.1, 0.15) is 16.5 Å². The van der Waals surface area contributed by atoms with Crippen LogP contribution >= 0.6 is 11.3 Å². The number of thiophene rings is 1. The van der Waals surface area contributed by atoms with Gasteiger partial charge < -0.3 is 5.32 Å². The fourth-order valence-corrected chi connectivity index (χ4v) is 2.58. The summed E-state index contributed by atoms with van der Waals surface area (Å²) in [6, 6.07) is 15.0. The molecular formula is C15H17NS. The zero-order chi connectivity index (χ0) is 11.9. The second kappa shape index (κ2) is 6.38. The largest absolute Gasteiger partial charge is 0.306 e. The van der Waals surface area contributed by atoms with Gasteiger partial charge in [0.05, 0.1) is 6.04 Å². The van der Waals surface area contributed by atoms with Gasteiger partial charge in [0.25, 0.3) is 0 Å². The van der Waals surface area contributed by atoms with Gasteiger partial charge in [-0.15, -0.1) is 17.9 Å². The Morgan fingerprint density at radius 1 is 1.18 bits per heavy atom. The fourth-order valence-electron chi connectivity index (χ4n) is 1.78. The van der Waals surface area contributed by atoms with Gasteiger partial charge >= 0.3 is 0 Å². The van der Waals surface area contributed by atoms with E-state index in [0.717, 1.165) is 13.0 Å². The van der Waals surface area contributed by atoms with E-state index in [2.05, 4.69) is 59.7 Å². The lowest BCUT2D eigenvalue weighted by atomic mass is 10.1. The molecule has 1 N–H and O–H groups in total. The Morgan fingerprint density at radius 2 is 2.00 bits per heavy atom. The molecule has 0 bridgehead atoms. The number of nitrogens with one attached hydrogen (secondary N) is 1. The van der Waals surface area contributed by atoms with Crippen LogP contribution in [0.5, 0.6) is 0 Å². The molecule has 0 radical (unpaired) electrons. The molecule has 1 nitrogen and oxygen atoms in total. The topological polar surface area (TPSA) is 12.0 Å². The van der Waals surface area contributed by atoms with Gasteiger partial charge in [-0.25, -0.2) is 0 Å². The van der Waals surface area contributed by atoms with Crippen LogP contribution in [0.3, 0.4) is 0 Å². The van der Waals surface area contributed by atoms with Crippen LogP contribution in [0.4, 0.5) is 0 Å². The monoisotopic (exact) mass is 243 g/mol. The van der Waals surface area contributed by atoms with Gasteiger partial charge in [-0.1, -0.05) is 42.5 Å². The summed E-state index contributed by atoms with van der Waals surface area (Å²) in [6.45, 7) is 4.86. The molecule has 2 rings (SSSR count). The second-order valence-electron chi connectivity index (χ2n) is 3.92. The van der Waals surface area contributed by atoms with Crippen molar-refractivity contribution in [1.82, 2.24) is 5.32 Å². The first-order valence-electron chi connectivity index (χ1n) is 5.83. The normalized spacial score (nSPS) is 12.2. The Labute approximate surface area is 107 Å². The Hall–Kier alpha value is -1.38. The minimum atomic E-state index is 0.277. The highest BCUT2D eigenvalue weighted by atomic mass is 32.1. The third-order valence-corrected chi connectivity index (χ3v) is 3.66. The van der Waals surface area contributed by atoms with E-state index in [1.807, 2.05) is 6.08 Å². The third-order valence-electron chi connectivity index (χ3n) is 2.71. The molecule has 0 fully saturated rings. The van der Waals surface area contributed by atoms with E-state index in [1.54, 1.807) is 11.3 Å². The molecule has 1 atom stereocenters. The summed E-state index contributed by atoms with van der Waals surface area (Å²) < 4.78 is 0. The van der Waals surface area contributed by atoms with Crippen molar-refractivity contribution in [1.29, 1.82) is 0 Å². The quantitative estimate of drug-likeness (QED) is 0.761. The molecule has 1 aromatic carbocycles. The highest BCUT2D eigenvalue weighted by Crippen LogP contribution is 2.19. The molecule has 0 aliphatic heterocycles. The minimum Gasteiger partial charge on any atom is -0.306 e. The predicted octanol–water partition coefficient (Wildman–Crippen LogP) is 3.81. The van der Waals surface area contributed by atoms with Crippen LogP contribution in [0.25, 0.3) is 0 Å². The lowest BCUT2D eigenvalue weighted by Gasteiger charge is -2.12. The molecule has 0 amide bonds. The maximum atomic E-state index is 3.89. The highest BCUT2D eigenvalue weighted by molar-refractivity contribution is 7.10. The zero-order valence-corrected chi connectivity index (χ0v) is 10.6. The van der Waals surface area contributed by atoms with Crippen molar-refractivity contribution in [3.8, 4) is 0 Å². The van der Waals surface area contributed by atoms with Crippen molar-refractivity contribution in [2.45, 2.75) is 12.5 Å². The smallest absolute Gasteiger partial charge is 0.0598 e. The van der Waals surface area contributed by atoms with Gasteiger partial charge in [0.2, 0.25) is 0 Å². The molecule has 0 saturated heterocycles. The Morgan fingerprint density at radius 3 is 2.65 bits per heavy atom. The van der Waals surface area contributed by atoms with Crippen LogP contribution in [0.15, 0.2) is 60.5 Å². The molecule has 2 aromatic rings. The lowest BCUT2D eigenvalue weighted by molar-refractivity contribution is 0.629. The summed E-state index contributed by atoms with van der Waals surface area (Å²) in [6.07, 6.45) is 3.02. The van der Waals surface area contributed by atoms with E-state index in [-0.39, 0.29) is 6.04 Å². The van der Waals surface area contributed by atoms with E-state index in [1.165, 1.54) is 10.4 Å². The SMILES string of the molecule is C=CC(NCCc1ccccc1)c1cccs1. The average Bonchev–Trinajstić information content (AvgIpc) is 2.90. The zero-order valence-electron chi connectivity index (χ0n) is 9.80. The van der Waals surface area contributed by atoms with Gasteiger partial charge in [0, 0.05) is 11.4 Å². The number of hydrogen-bond donors (Lipinski definition) is 1. The van der Waals surface area contributed by atoms with Gasteiger partial charge in [0.15, 0.2) is 0 Å².